The first kappa shape index (κ1) is 12.2. The summed E-state index contributed by atoms with van der Waals surface area (Å²) in [5, 5.41) is 1.20. The Kier molecular flexibility index (Phi) is 3.82. The molecule has 0 aliphatic carbocycles. The van der Waals surface area contributed by atoms with E-state index >= 15 is 0 Å². The molecule has 0 amide bonds. The van der Waals surface area contributed by atoms with Gasteiger partial charge in [-0.05, 0) is 36.6 Å². The second-order valence-electron chi connectivity index (χ2n) is 4.57. The van der Waals surface area contributed by atoms with Gasteiger partial charge >= 0.3 is 0 Å². The number of aromatic nitrogens is 1. The highest BCUT2D eigenvalue weighted by Gasteiger charge is 2.07. The minimum Gasteiger partial charge on any atom is -0.347 e. The van der Waals surface area contributed by atoms with Gasteiger partial charge in [0.1, 0.15) is 5.82 Å². The molecule has 0 N–H and O–H groups in total. The van der Waals surface area contributed by atoms with Crippen molar-refractivity contribution in [2.75, 3.05) is 0 Å². The van der Waals surface area contributed by atoms with Crippen LogP contribution in [0.1, 0.15) is 38.7 Å². The summed E-state index contributed by atoms with van der Waals surface area (Å²) in [6.45, 7) is 5.34. The van der Waals surface area contributed by atoms with E-state index in [-0.39, 0.29) is 5.82 Å². The van der Waals surface area contributed by atoms with Gasteiger partial charge in [-0.25, -0.2) is 4.39 Å². The first-order valence-corrected chi connectivity index (χ1v) is 6.53. The van der Waals surface area contributed by atoms with E-state index < -0.39 is 0 Å². The fourth-order valence-electron chi connectivity index (χ4n) is 2.34. The SMILES string of the molecule is CCCCCn1cc(CC)c2ccc(F)cc21. The van der Waals surface area contributed by atoms with Crippen LogP contribution in [0.5, 0.6) is 0 Å². The summed E-state index contributed by atoms with van der Waals surface area (Å²) in [5.74, 6) is -0.144. The first-order chi connectivity index (χ1) is 8.26. The number of benzene rings is 1. The molecule has 1 nitrogen and oxygen atoms in total. The highest BCUT2D eigenvalue weighted by Crippen LogP contribution is 2.23. The van der Waals surface area contributed by atoms with Crippen LogP contribution in [0.25, 0.3) is 10.9 Å². The van der Waals surface area contributed by atoms with Crippen LogP contribution < -0.4 is 0 Å². The van der Waals surface area contributed by atoms with Crippen LogP contribution >= 0.6 is 0 Å². The lowest BCUT2D eigenvalue weighted by atomic mass is 10.1. The summed E-state index contributed by atoms with van der Waals surface area (Å²) in [7, 11) is 0. The molecular weight excluding hydrogens is 213 g/mol. The van der Waals surface area contributed by atoms with Gasteiger partial charge in [0.05, 0.1) is 5.52 Å². The van der Waals surface area contributed by atoms with E-state index in [1.807, 2.05) is 6.07 Å². The number of rotatable bonds is 5. The maximum atomic E-state index is 13.3. The largest absolute Gasteiger partial charge is 0.347 e. The summed E-state index contributed by atoms with van der Waals surface area (Å²) >= 11 is 0. The van der Waals surface area contributed by atoms with Crippen LogP contribution in [0.2, 0.25) is 0 Å². The molecule has 2 heteroatoms. The molecule has 92 valence electrons. The van der Waals surface area contributed by atoms with Crippen molar-refractivity contribution in [3.8, 4) is 0 Å². The third kappa shape index (κ3) is 2.51. The minimum absolute atomic E-state index is 0.144. The molecule has 0 aliphatic heterocycles. The van der Waals surface area contributed by atoms with Crippen LogP contribution in [0, 0.1) is 5.82 Å². The Balaban J connectivity index is 2.36. The van der Waals surface area contributed by atoms with E-state index in [9.17, 15) is 4.39 Å². The highest BCUT2D eigenvalue weighted by molar-refractivity contribution is 5.84. The zero-order valence-corrected chi connectivity index (χ0v) is 10.7. The summed E-state index contributed by atoms with van der Waals surface area (Å²) in [5.41, 5.74) is 2.36. The molecule has 0 unspecified atom stereocenters. The number of unbranched alkanes of at least 4 members (excludes halogenated alkanes) is 2. The smallest absolute Gasteiger partial charge is 0.125 e. The second kappa shape index (κ2) is 5.35. The molecule has 17 heavy (non-hydrogen) atoms. The Labute approximate surface area is 102 Å². The fourth-order valence-corrected chi connectivity index (χ4v) is 2.34. The Bertz CT molecular complexity index is 499. The van der Waals surface area contributed by atoms with Crippen molar-refractivity contribution in [1.82, 2.24) is 4.57 Å². The molecule has 0 radical (unpaired) electrons. The lowest BCUT2D eigenvalue weighted by Gasteiger charge is -2.04. The third-order valence-electron chi connectivity index (χ3n) is 3.31. The van der Waals surface area contributed by atoms with Crippen molar-refractivity contribution >= 4 is 10.9 Å². The fraction of sp³-hybridized carbons (Fsp3) is 0.467. The Morgan fingerprint density at radius 2 is 2.00 bits per heavy atom. The third-order valence-corrected chi connectivity index (χ3v) is 3.31. The molecule has 2 aromatic rings. The molecule has 0 saturated heterocycles. The average Bonchev–Trinajstić information content (AvgIpc) is 2.67. The van der Waals surface area contributed by atoms with Gasteiger partial charge in [-0.2, -0.15) is 0 Å². The molecule has 1 heterocycles. The van der Waals surface area contributed by atoms with Gasteiger partial charge in [0.2, 0.25) is 0 Å². The maximum Gasteiger partial charge on any atom is 0.125 e. The highest BCUT2D eigenvalue weighted by atomic mass is 19.1. The zero-order valence-electron chi connectivity index (χ0n) is 10.7. The number of fused-ring (bicyclic) bond motifs is 1. The van der Waals surface area contributed by atoms with Crippen LogP contribution in [0.4, 0.5) is 4.39 Å². The number of hydrogen-bond donors (Lipinski definition) is 0. The molecule has 0 fully saturated rings. The normalized spacial score (nSPS) is 11.2. The number of nitrogens with zero attached hydrogens (tertiary/aromatic N) is 1. The van der Waals surface area contributed by atoms with E-state index in [1.165, 1.54) is 30.2 Å². The maximum absolute atomic E-state index is 13.3. The van der Waals surface area contributed by atoms with E-state index in [4.69, 9.17) is 0 Å². The van der Waals surface area contributed by atoms with Crippen molar-refractivity contribution < 1.29 is 4.39 Å². The molecule has 1 aromatic carbocycles. The Hall–Kier alpha value is -1.31. The topological polar surface area (TPSA) is 4.93 Å². The van der Waals surface area contributed by atoms with Crippen molar-refractivity contribution in [1.29, 1.82) is 0 Å². The first-order valence-electron chi connectivity index (χ1n) is 6.53. The van der Waals surface area contributed by atoms with E-state index in [0.29, 0.717) is 0 Å². The monoisotopic (exact) mass is 233 g/mol. The molecule has 1 aromatic heterocycles. The van der Waals surface area contributed by atoms with Crippen LogP contribution in [-0.2, 0) is 13.0 Å². The van der Waals surface area contributed by atoms with Gasteiger partial charge in [0, 0.05) is 18.1 Å². The number of hydrogen-bond acceptors (Lipinski definition) is 0. The molecule has 0 aliphatic rings. The van der Waals surface area contributed by atoms with Crippen molar-refractivity contribution in [2.45, 2.75) is 46.1 Å². The molecular formula is C15H20FN. The van der Waals surface area contributed by atoms with Crippen molar-refractivity contribution in [3.63, 3.8) is 0 Å². The molecule has 0 bridgehead atoms. The van der Waals surface area contributed by atoms with Crippen LogP contribution in [0.3, 0.4) is 0 Å². The van der Waals surface area contributed by atoms with Crippen molar-refractivity contribution in [3.05, 3.63) is 35.8 Å². The number of aryl methyl sites for hydroxylation is 2. The summed E-state index contributed by atoms with van der Waals surface area (Å²) in [4.78, 5) is 0. The van der Waals surface area contributed by atoms with E-state index in [1.54, 1.807) is 12.1 Å². The van der Waals surface area contributed by atoms with Gasteiger partial charge < -0.3 is 4.57 Å². The summed E-state index contributed by atoms with van der Waals surface area (Å²) < 4.78 is 15.5. The lowest BCUT2D eigenvalue weighted by molar-refractivity contribution is 0.609. The average molecular weight is 233 g/mol. The van der Waals surface area contributed by atoms with Gasteiger partial charge in [-0.15, -0.1) is 0 Å². The number of halogens is 1. The molecule has 2 rings (SSSR count). The van der Waals surface area contributed by atoms with Crippen molar-refractivity contribution in [2.24, 2.45) is 0 Å². The van der Waals surface area contributed by atoms with Gasteiger partial charge in [0.25, 0.3) is 0 Å². The zero-order chi connectivity index (χ0) is 12.3. The molecule has 0 spiro atoms. The van der Waals surface area contributed by atoms with E-state index in [2.05, 4.69) is 24.6 Å². The lowest BCUT2D eigenvalue weighted by Crippen LogP contribution is -1.96. The van der Waals surface area contributed by atoms with Gasteiger partial charge in [0.15, 0.2) is 0 Å². The minimum atomic E-state index is -0.144. The van der Waals surface area contributed by atoms with E-state index in [0.717, 1.165) is 18.5 Å². The Morgan fingerprint density at radius 1 is 1.18 bits per heavy atom. The molecule has 0 saturated carbocycles. The predicted octanol–water partition coefficient (Wildman–Crippen LogP) is 4.53. The molecule has 0 atom stereocenters. The van der Waals surface area contributed by atoms with Gasteiger partial charge in [-0.3, -0.25) is 0 Å². The Morgan fingerprint density at radius 3 is 2.71 bits per heavy atom. The summed E-state index contributed by atoms with van der Waals surface area (Å²) in [6.07, 6.45) is 6.80. The van der Waals surface area contributed by atoms with Crippen LogP contribution in [-0.4, -0.2) is 4.57 Å². The van der Waals surface area contributed by atoms with Gasteiger partial charge in [-0.1, -0.05) is 26.7 Å². The second-order valence-corrected chi connectivity index (χ2v) is 4.57. The van der Waals surface area contributed by atoms with Crippen LogP contribution in [0.15, 0.2) is 24.4 Å². The quantitative estimate of drug-likeness (QED) is 0.668. The predicted molar refractivity (Wildman–Crippen MR) is 70.8 cm³/mol. The summed E-state index contributed by atoms with van der Waals surface area (Å²) in [6, 6.07) is 5.11. The standard InChI is InChI=1S/C15H20FN/c1-3-5-6-9-17-11-12(4-2)14-8-7-13(16)10-15(14)17/h7-8,10-11H,3-6,9H2,1-2H3.